The summed E-state index contributed by atoms with van der Waals surface area (Å²) < 4.78 is 28.8. The Hall–Kier alpha value is -2.85. The van der Waals surface area contributed by atoms with Gasteiger partial charge >= 0.3 is 0 Å². The Morgan fingerprint density at radius 1 is 1.18 bits per heavy atom. The van der Waals surface area contributed by atoms with Crippen LogP contribution in [0.15, 0.2) is 30.5 Å². The smallest absolute Gasteiger partial charge is 0.254 e. The zero-order chi connectivity index (χ0) is 23.9. The molecule has 5 rings (SSSR count). The van der Waals surface area contributed by atoms with Crippen LogP contribution >= 0.6 is 0 Å². The molecule has 1 aliphatic carbocycles. The van der Waals surface area contributed by atoms with E-state index in [0.29, 0.717) is 55.3 Å². The second-order valence-electron chi connectivity index (χ2n) is 9.26. The van der Waals surface area contributed by atoms with Crippen molar-refractivity contribution in [3.8, 4) is 5.82 Å². The second-order valence-corrected chi connectivity index (χ2v) is 11.1. The number of amides is 1. The molecule has 0 spiro atoms. The predicted molar refractivity (Wildman–Crippen MR) is 130 cm³/mol. The standard InChI is InChI=1S/C24H30N6O3S/c1-3-14-34(32,33)28-18-9-12-29(13-10-18)24(31)19-15-20(17-7-8-17)26-23-22(19)16(2)27-30(23)21-6-4-5-11-25-21/h4-6,11,15,17-18,28H,3,7-10,12-14H2,1-2H3. The van der Waals surface area contributed by atoms with Gasteiger partial charge in [-0.2, -0.15) is 9.78 Å². The minimum Gasteiger partial charge on any atom is -0.339 e. The van der Waals surface area contributed by atoms with Crippen LogP contribution in [-0.2, 0) is 10.0 Å². The van der Waals surface area contributed by atoms with E-state index in [2.05, 4.69) is 14.8 Å². The van der Waals surface area contributed by atoms with Gasteiger partial charge in [0, 0.05) is 36.9 Å². The lowest BCUT2D eigenvalue weighted by molar-refractivity contribution is 0.0713. The van der Waals surface area contributed by atoms with Gasteiger partial charge in [-0.1, -0.05) is 13.0 Å². The van der Waals surface area contributed by atoms with Crippen molar-refractivity contribution in [2.45, 2.75) is 57.9 Å². The summed E-state index contributed by atoms with van der Waals surface area (Å²) in [7, 11) is -3.27. The van der Waals surface area contributed by atoms with Gasteiger partial charge in [0.05, 0.1) is 22.4 Å². The third-order valence-electron chi connectivity index (χ3n) is 6.53. The number of rotatable bonds is 7. The molecule has 3 aromatic rings. The average Bonchev–Trinajstić information content (AvgIpc) is 3.62. The molecule has 1 amide bonds. The molecule has 0 atom stereocenters. The summed E-state index contributed by atoms with van der Waals surface area (Å²) in [5.74, 6) is 1.12. The molecule has 2 fully saturated rings. The highest BCUT2D eigenvalue weighted by Gasteiger charge is 2.32. The molecule has 1 aliphatic heterocycles. The van der Waals surface area contributed by atoms with Crippen LogP contribution in [0, 0.1) is 6.92 Å². The lowest BCUT2D eigenvalue weighted by Crippen LogP contribution is -2.47. The lowest BCUT2D eigenvalue weighted by Gasteiger charge is -2.32. The van der Waals surface area contributed by atoms with Gasteiger partial charge in [-0.25, -0.2) is 23.1 Å². The number of aryl methyl sites for hydroxylation is 1. The highest BCUT2D eigenvalue weighted by Crippen LogP contribution is 2.41. The van der Waals surface area contributed by atoms with E-state index in [1.54, 1.807) is 10.9 Å². The quantitative estimate of drug-likeness (QED) is 0.554. The Bertz CT molecular complexity index is 1310. The van der Waals surface area contributed by atoms with Gasteiger partial charge < -0.3 is 4.90 Å². The number of sulfonamides is 1. The maximum Gasteiger partial charge on any atom is 0.254 e. The maximum absolute atomic E-state index is 13.7. The van der Waals surface area contributed by atoms with Crippen molar-refractivity contribution in [1.82, 2.24) is 29.4 Å². The molecular weight excluding hydrogens is 452 g/mol. The number of fused-ring (bicyclic) bond motifs is 1. The molecule has 0 radical (unpaired) electrons. The molecule has 4 heterocycles. The first-order valence-electron chi connectivity index (χ1n) is 12.0. The fourth-order valence-electron chi connectivity index (χ4n) is 4.66. The zero-order valence-electron chi connectivity index (χ0n) is 19.6. The van der Waals surface area contributed by atoms with Crippen LogP contribution in [0.25, 0.3) is 16.9 Å². The number of hydrogen-bond donors (Lipinski definition) is 1. The van der Waals surface area contributed by atoms with Crippen LogP contribution in [0.4, 0.5) is 0 Å². The van der Waals surface area contributed by atoms with Crippen molar-refractivity contribution in [1.29, 1.82) is 0 Å². The number of nitrogens with zero attached hydrogens (tertiary/aromatic N) is 5. The molecule has 3 aromatic heterocycles. The van der Waals surface area contributed by atoms with Crippen LogP contribution in [-0.4, -0.2) is 63.9 Å². The zero-order valence-corrected chi connectivity index (χ0v) is 20.4. The SMILES string of the molecule is CCCS(=O)(=O)NC1CCN(C(=O)c2cc(C3CC3)nc3c2c(C)nn3-c2ccccn2)CC1. The average molecular weight is 483 g/mol. The van der Waals surface area contributed by atoms with Crippen LogP contribution in [0.3, 0.4) is 0 Å². The predicted octanol–water partition coefficient (Wildman–Crippen LogP) is 2.94. The molecule has 10 heteroatoms. The Labute approximate surface area is 199 Å². The molecule has 9 nitrogen and oxygen atoms in total. The van der Waals surface area contributed by atoms with Crippen LogP contribution in [0.1, 0.15) is 66.7 Å². The number of hydrogen-bond acceptors (Lipinski definition) is 6. The molecular formula is C24H30N6O3S. The van der Waals surface area contributed by atoms with E-state index >= 15 is 0 Å². The first-order chi connectivity index (χ1) is 16.4. The Kier molecular flexibility index (Phi) is 6.11. The van der Waals surface area contributed by atoms with E-state index < -0.39 is 10.0 Å². The van der Waals surface area contributed by atoms with E-state index in [1.165, 1.54) is 0 Å². The van der Waals surface area contributed by atoms with Gasteiger partial charge in [0.1, 0.15) is 0 Å². The molecule has 0 aromatic carbocycles. The summed E-state index contributed by atoms with van der Waals surface area (Å²) in [5, 5.41) is 5.44. The third kappa shape index (κ3) is 4.56. The van der Waals surface area contributed by atoms with E-state index in [-0.39, 0.29) is 17.7 Å². The number of carbonyl (C=O) groups excluding carboxylic acids is 1. The van der Waals surface area contributed by atoms with Crippen molar-refractivity contribution in [3.05, 3.63) is 47.4 Å². The fraction of sp³-hybridized carbons (Fsp3) is 0.500. The molecule has 0 bridgehead atoms. The van der Waals surface area contributed by atoms with Crippen LogP contribution in [0.5, 0.6) is 0 Å². The highest BCUT2D eigenvalue weighted by molar-refractivity contribution is 7.89. The van der Waals surface area contributed by atoms with E-state index in [4.69, 9.17) is 4.98 Å². The molecule has 1 N–H and O–H groups in total. The molecule has 2 aliphatic rings. The van der Waals surface area contributed by atoms with E-state index in [1.807, 2.05) is 43.0 Å². The highest BCUT2D eigenvalue weighted by atomic mass is 32.2. The minimum atomic E-state index is -3.27. The van der Waals surface area contributed by atoms with E-state index in [0.717, 1.165) is 29.6 Å². The Morgan fingerprint density at radius 3 is 2.59 bits per heavy atom. The summed E-state index contributed by atoms with van der Waals surface area (Å²) in [6, 6.07) is 7.44. The topological polar surface area (TPSA) is 110 Å². The number of aromatic nitrogens is 4. The number of likely N-dealkylation sites (tertiary alicyclic amines) is 1. The van der Waals surface area contributed by atoms with Gasteiger partial charge in [0.25, 0.3) is 5.91 Å². The normalized spacial score (nSPS) is 17.4. The van der Waals surface area contributed by atoms with Crippen molar-refractivity contribution >= 4 is 27.0 Å². The summed E-state index contributed by atoms with van der Waals surface area (Å²) >= 11 is 0. The number of piperidine rings is 1. The molecule has 180 valence electrons. The maximum atomic E-state index is 13.7. The molecule has 1 saturated carbocycles. The van der Waals surface area contributed by atoms with Gasteiger partial charge in [-0.3, -0.25) is 4.79 Å². The fourth-order valence-corrected chi connectivity index (χ4v) is 6.06. The van der Waals surface area contributed by atoms with Crippen molar-refractivity contribution in [2.75, 3.05) is 18.8 Å². The summed E-state index contributed by atoms with van der Waals surface area (Å²) in [5.41, 5.74) is 2.94. The van der Waals surface area contributed by atoms with Crippen molar-refractivity contribution in [2.24, 2.45) is 0 Å². The molecule has 1 saturated heterocycles. The monoisotopic (exact) mass is 482 g/mol. The van der Waals surface area contributed by atoms with Gasteiger partial charge in [-0.05, 0) is 57.2 Å². The minimum absolute atomic E-state index is 0.0483. The van der Waals surface area contributed by atoms with Crippen molar-refractivity contribution in [3.63, 3.8) is 0 Å². The van der Waals surface area contributed by atoms with E-state index in [9.17, 15) is 13.2 Å². The number of nitrogens with one attached hydrogen (secondary N) is 1. The largest absolute Gasteiger partial charge is 0.339 e. The summed E-state index contributed by atoms with van der Waals surface area (Å²) in [4.78, 5) is 24.9. The lowest BCUT2D eigenvalue weighted by atomic mass is 10.0. The molecule has 34 heavy (non-hydrogen) atoms. The van der Waals surface area contributed by atoms with Gasteiger partial charge in [0.15, 0.2) is 11.5 Å². The first kappa shape index (κ1) is 22.9. The second kappa shape index (κ2) is 9.07. The first-order valence-corrected chi connectivity index (χ1v) is 13.6. The number of carbonyl (C=O) groups is 1. The summed E-state index contributed by atoms with van der Waals surface area (Å²) in [6.07, 6.45) is 5.65. The Morgan fingerprint density at radius 2 is 1.94 bits per heavy atom. The Balaban J connectivity index is 1.44. The third-order valence-corrected chi connectivity index (χ3v) is 8.16. The van der Waals surface area contributed by atoms with Crippen LogP contribution in [0.2, 0.25) is 0 Å². The van der Waals surface area contributed by atoms with Crippen molar-refractivity contribution < 1.29 is 13.2 Å². The van der Waals surface area contributed by atoms with Crippen LogP contribution < -0.4 is 4.72 Å². The summed E-state index contributed by atoms with van der Waals surface area (Å²) in [6.45, 7) is 4.76. The van der Waals surface area contributed by atoms with Gasteiger partial charge in [-0.15, -0.1) is 0 Å². The number of pyridine rings is 2. The van der Waals surface area contributed by atoms with Gasteiger partial charge in [0.2, 0.25) is 10.0 Å². The molecule has 0 unspecified atom stereocenters.